The highest BCUT2D eigenvalue weighted by atomic mass is 32.2. The summed E-state index contributed by atoms with van der Waals surface area (Å²) in [5, 5.41) is 0. The zero-order valence-corrected chi connectivity index (χ0v) is 14.2. The van der Waals surface area contributed by atoms with Crippen LogP contribution in [0.15, 0.2) is 24.3 Å². The highest BCUT2D eigenvalue weighted by Crippen LogP contribution is 2.26. The molecule has 1 aromatic rings. The van der Waals surface area contributed by atoms with Crippen molar-refractivity contribution >= 4 is 10.2 Å². The largest absolute Gasteiger partial charge is 0.493 e. The molecule has 1 N–H and O–H groups in total. The molecule has 6 heteroatoms. The van der Waals surface area contributed by atoms with Gasteiger partial charge in [0.25, 0.3) is 10.2 Å². The predicted octanol–water partition coefficient (Wildman–Crippen LogP) is 2.19. The first-order chi connectivity index (χ1) is 10.6. The van der Waals surface area contributed by atoms with Crippen molar-refractivity contribution in [1.82, 2.24) is 9.03 Å². The Bertz CT molecular complexity index is 569. The second kappa shape index (κ2) is 7.94. The molecule has 0 amide bonds. The number of fused-ring (bicyclic) bond motifs is 1. The van der Waals surface area contributed by atoms with Gasteiger partial charge in [0.05, 0.1) is 6.61 Å². The minimum Gasteiger partial charge on any atom is -0.493 e. The maximum Gasteiger partial charge on any atom is 0.279 e. The summed E-state index contributed by atoms with van der Waals surface area (Å²) in [5.74, 6) is 1.09. The monoisotopic (exact) mass is 326 g/mol. The van der Waals surface area contributed by atoms with Gasteiger partial charge >= 0.3 is 0 Å². The molecule has 0 aliphatic carbocycles. The Morgan fingerprint density at radius 1 is 1.23 bits per heavy atom. The maximum absolute atomic E-state index is 12.4. The Hall–Kier alpha value is -1.11. The van der Waals surface area contributed by atoms with E-state index in [2.05, 4.69) is 4.72 Å². The maximum atomic E-state index is 12.4. The van der Waals surface area contributed by atoms with Gasteiger partial charge in [0.2, 0.25) is 0 Å². The Morgan fingerprint density at radius 2 is 1.91 bits per heavy atom. The number of benzene rings is 1. The van der Waals surface area contributed by atoms with E-state index in [0.717, 1.165) is 30.6 Å². The van der Waals surface area contributed by atoms with Crippen molar-refractivity contribution in [3.05, 3.63) is 29.8 Å². The minimum absolute atomic E-state index is 0.176. The van der Waals surface area contributed by atoms with Gasteiger partial charge in [-0.25, -0.2) is 4.72 Å². The van der Waals surface area contributed by atoms with Crippen LogP contribution in [0.25, 0.3) is 0 Å². The molecule has 0 fully saturated rings. The average Bonchev–Trinajstić information content (AvgIpc) is 2.52. The molecule has 1 atom stereocenters. The van der Waals surface area contributed by atoms with Crippen LogP contribution >= 0.6 is 0 Å². The lowest BCUT2D eigenvalue weighted by atomic mass is 9.97. The number of nitrogens with zero attached hydrogens (tertiary/aromatic N) is 1. The first kappa shape index (κ1) is 17.2. The molecule has 1 aliphatic heterocycles. The fourth-order valence-electron chi connectivity index (χ4n) is 2.69. The molecule has 0 spiro atoms. The van der Waals surface area contributed by atoms with Crippen LogP contribution in [-0.2, 0) is 16.6 Å². The SMILES string of the molecule is CCCN(CCC)S(=O)(=O)NC[C@@H]1COc2ccccc2C1. The van der Waals surface area contributed by atoms with Gasteiger partial charge in [0.15, 0.2) is 0 Å². The molecule has 0 bridgehead atoms. The zero-order valence-electron chi connectivity index (χ0n) is 13.4. The molecule has 1 aromatic carbocycles. The summed E-state index contributed by atoms with van der Waals surface area (Å²) in [7, 11) is -3.40. The number of rotatable bonds is 8. The molecule has 0 radical (unpaired) electrons. The molecule has 124 valence electrons. The summed E-state index contributed by atoms with van der Waals surface area (Å²) in [5.41, 5.74) is 1.15. The molecule has 1 aliphatic rings. The quantitative estimate of drug-likeness (QED) is 0.797. The van der Waals surface area contributed by atoms with Crippen LogP contribution in [0.3, 0.4) is 0 Å². The van der Waals surface area contributed by atoms with Crippen LogP contribution in [0.2, 0.25) is 0 Å². The van der Waals surface area contributed by atoms with Crippen molar-refractivity contribution in [2.24, 2.45) is 5.92 Å². The highest BCUT2D eigenvalue weighted by molar-refractivity contribution is 7.87. The van der Waals surface area contributed by atoms with Gasteiger partial charge in [-0.2, -0.15) is 12.7 Å². The first-order valence-corrected chi connectivity index (χ1v) is 9.46. The van der Waals surface area contributed by atoms with Gasteiger partial charge in [-0.3, -0.25) is 0 Å². The van der Waals surface area contributed by atoms with E-state index in [1.54, 1.807) is 0 Å². The van der Waals surface area contributed by atoms with E-state index in [9.17, 15) is 8.42 Å². The van der Waals surface area contributed by atoms with Crippen molar-refractivity contribution in [2.45, 2.75) is 33.1 Å². The molecule has 0 saturated heterocycles. The number of hydrogen-bond donors (Lipinski definition) is 1. The number of ether oxygens (including phenoxy) is 1. The molecule has 2 rings (SSSR count). The third kappa shape index (κ3) is 4.44. The van der Waals surface area contributed by atoms with Crippen LogP contribution in [0.5, 0.6) is 5.75 Å². The summed E-state index contributed by atoms with van der Waals surface area (Å²) in [6.45, 7) is 6.08. The normalized spacial score (nSPS) is 18.0. The van der Waals surface area contributed by atoms with Crippen LogP contribution in [0.1, 0.15) is 32.3 Å². The molecule has 5 nitrogen and oxygen atoms in total. The van der Waals surface area contributed by atoms with Gasteiger partial charge in [0.1, 0.15) is 5.75 Å². The van der Waals surface area contributed by atoms with E-state index in [0.29, 0.717) is 26.2 Å². The second-order valence-electron chi connectivity index (χ2n) is 5.74. The van der Waals surface area contributed by atoms with Crippen molar-refractivity contribution in [1.29, 1.82) is 0 Å². The van der Waals surface area contributed by atoms with E-state index >= 15 is 0 Å². The van der Waals surface area contributed by atoms with E-state index in [1.165, 1.54) is 4.31 Å². The van der Waals surface area contributed by atoms with Crippen LogP contribution in [0.4, 0.5) is 0 Å². The van der Waals surface area contributed by atoms with Gasteiger partial charge < -0.3 is 4.74 Å². The lowest BCUT2D eigenvalue weighted by Crippen LogP contribution is -2.44. The van der Waals surface area contributed by atoms with E-state index in [4.69, 9.17) is 4.74 Å². The highest BCUT2D eigenvalue weighted by Gasteiger charge is 2.24. The van der Waals surface area contributed by atoms with Crippen molar-refractivity contribution in [2.75, 3.05) is 26.2 Å². The van der Waals surface area contributed by atoms with Gasteiger partial charge in [0, 0.05) is 25.6 Å². The van der Waals surface area contributed by atoms with Crippen molar-refractivity contribution < 1.29 is 13.2 Å². The summed E-state index contributed by atoms with van der Waals surface area (Å²) >= 11 is 0. The third-order valence-electron chi connectivity index (χ3n) is 3.80. The molecular formula is C16H26N2O3S. The van der Waals surface area contributed by atoms with Crippen molar-refractivity contribution in [3.8, 4) is 5.75 Å². The van der Waals surface area contributed by atoms with Crippen LogP contribution in [-0.4, -0.2) is 39.0 Å². The van der Waals surface area contributed by atoms with E-state index in [1.807, 2.05) is 38.1 Å². The Morgan fingerprint density at radius 3 is 2.59 bits per heavy atom. The Labute approximate surface area is 133 Å². The Balaban J connectivity index is 1.92. The van der Waals surface area contributed by atoms with Gasteiger partial charge in [-0.1, -0.05) is 32.0 Å². The molecule has 1 heterocycles. The summed E-state index contributed by atoms with van der Waals surface area (Å²) < 4.78 is 34.7. The fraction of sp³-hybridized carbons (Fsp3) is 0.625. The van der Waals surface area contributed by atoms with Gasteiger partial charge in [-0.05, 0) is 30.9 Å². The average molecular weight is 326 g/mol. The van der Waals surface area contributed by atoms with Gasteiger partial charge in [-0.15, -0.1) is 0 Å². The molecular weight excluding hydrogens is 300 g/mol. The standard InChI is InChI=1S/C16H26N2O3S/c1-3-9-18(10-4-2)22(19,20)17-12-14-11-15-7-5-6-8-16(15)21-13-14/h5-8,14,17H,3-4,9-13H2,1-2H3/t14-/m1/s1. The first-order valence-electron chi connectivity index (χ1n) is 8.02. The topological polar surface area (TPSA) is 58.6 Å². The molecule has 0 aromatic heterocycles. The summed E-state index contributed by atoms with van der Waals surface area (Å²) in [6, 6.07) is 7.94. The molecule has 22 heavy (non-hydrogen) atoms. The predicted molar refractivity (Wildman–Crippen MR) is 88.2 cm³/mol. The lowest BCUT2D eigenvalue weighted by molar-refractivity contribution is 0.222. The van der Waals surface area contributed by atoms with Crippen LogP contribution in [0, 0.1) is 5.92 Å². The summed E-state index contributed by atoms with van der Waals surface area (Å²) in [6.07, 6.45) is 2.49. The zero-order chi connectivity index (χ0) is 16.0. The number of nitrogens with one attached hydrogen (secondary N) is 1. The van der Waals surface area contributed by atoms with Crippen LogP contribution < -0.4 is 9.46 Å². The van der Waals surface area contributed by atoms with E-state index < -0.39 is 10.2 Å². The van der Waals surface area contributed by atoms with E-state index in [-0.39, 0.29) is 5.92 Å². The number of para-hydroxylation sites is 1. The molecule has 0 saturated carbocycles. The minimum atomic E-state index is -3.40. The Kier molecular flexibility index (Phi) is 6.23. The molecule has 0 unspecified atom stereocenters. The smallest absolute Gasteiger partial charge is 0.279 e. The second-order valence-corrected chi connectivity index (χ2v) is 7.50. The summed E-state index contributed by atoms with van der Waals surface area (Å²) in [4.78, 5) is 0. The van der Waals surface area contributed by atoms with Crippen molar-refractivity contribution in [3.63, 3.8) is 0 Å². The number of hydrogen-bond acceptors (Lipinski definition) is 3. The third-order valence-corrected chi connectivity index (χ3v) is 5.37. The fourth-order valence-corrected chi connectivity index (χ4v) is 4.16. The lowest BCUT2D eigenvalue weighted by Gasteiger charge is -2.27.